The first kappa shape index (κ1) is 14.8. The van der Waals surface area contributed by atoms with Crippen LogP contribution in [0.1, 0.15) is 36.6 Å². The monoisotopic (exact) mass is 313 g/mol. The van der Waals surface area contributed by atoms with E-state index >= 15 is 0 Å². The molecule has 3 heterocycles. The van der Waals surface area contributed by atoms with Crippen LogP contribution in [0.5, 0.6) is 0 Å². The van der Waals surface area contributed by atoms with Gasteiger partial charge in [0.1, 0.15) is 0 Å². The molecule has 2 aliphatic rings. The van der Waals surface area contributed by atoms with Gasteiger partial charge in [-0.15, -0.1) is 11.3 Å². The molecule has 3 rings (SSSR count). The Hall–Kier alpha value is -0.130. The standard InChI is InChI=1S/C15H24ClN3S/c16-12-8-15(20-11-12)14(9-17)19-7-4-13(10-19)18-5-2-1-3-6-18/h8,11,13-14H,1-7,9-10,17H2. The lowest BCUT2D eigenvalue weighted by Gasteiger charge is -2.33. The minimum Gasteiger partial charge on any atom is -0.329 e. The zero-order valence-electron chi connectivity index (χ0n) is 11.9. The number of likely N-dealkylation sites (tertiary alicyclic amines) is 2. The highest BCUT2D eigenvalue weighted by molar-refractivity contribution is 7.10. The van der Waals surface area contributed by atoms with Crippen LogP contribution < -0.4 is 5.73 Å². The van der Waals surface area contributed by atoms with Gasteiger partial charge in [-0.05, 0) is 38.4 Å². The van der Waals surface area contributed by atoms with E-state index in [0.29, 0.717) is 12.6 Å². The van der Waals surface area contributed by atoms with Crippen molar-refractivity contribution in [2.45, 2.75) is 37.8 Å². The molecule has 2 fully saturated rings. The lowest BCUT2D eigenvalue weighted by atomic mass is 10.1. The molecule has 112 valence electrons. The van der Waals surface area contributed by atoms with Gasteiger partial charge in [-0.3, -0.25) is 9.80 Å². The lowest BCUT2D eigenvalue weighted by molar-refractivity contribution is 0.153. The van der Waals surface area contributed by atoms with Crippen LogP contribution in [0.4, 0.5) is 0 Å². The van der Waals surface area contributed by atoms with Crippen molar-refractivity contribution < 1.29 is 0 Å². The minimum absolute atomic E-state index is 0.349. The molecule has 0 saturated carbocycles. The molecule has 1 aromatic heterocycles. The number of halogens is 1. The Balaban J connectivity index is 1.62. The number of nitrogens with two attached hydrogens (primary N) is 1. The number of hydrogen-bond acceptors (Lipinski definition) is 4. The number of piperidine rings is 1. The van der Waals surface area contributed by atoms with Gasteiger partial charge in [0.25, 0.3) is 0 Å². The van der Waals surface area contributed by atoms with Crippen LogP contribution in [0.2, 0.25) is 5.02 Å². The maximum atomic E-state index is 6.06. The van der Waals surface area contributed by atoms with E-state index in [0.717, 1.165) is 17.6 Å². The first-order valence-electron chi connectivity index (χ1n) is 7.70. The molecule has 1 aromatic rings. The van der Waals surface area contributed by atoms with E-state index in [9.17, 15) is 0 Å². The lowest BCUT2D eigenvalue weighted by Crippen LogP contribution is -2.41. The molecule has 0 bridgehead atoms. The van der Waals surface area contributed by atoms with Crippen molar-refractivity contribution >= 4 is 22.9 Å². The van der Waals surface area contributed by atoms with E-state index in [1.165, 1.54) is 50.2 Å². The summed E-state index contributed by atoms with van der Waals surface area (Å²) < 4.78 is 0. The van der Waals surface area contributed by atoms with Gasteiger partial charge >= 0.3 is 0 Å². The molecule has 2 aliphatic heterocycles. The number of thiophene rings is 1. The van der Waals surface area contributed by atoms with Gasteiger partial charge in [-0.2, -0.15) is 0 Å². The molecule has 2 N–H and O–H groups in total. The van der Waals surface area contributed by atoms with E-state index in [-0.39, 0.29) is 0 Å². The molecule has 20 heavy (non-hydrogen) atoms. The fourth-order valence-corrected chi connectivity index (χ4v) is 4.81. The Kier molecular flexibility index (Phi) is 5.00. The Morgan fingerprint density at radius 1 is 1.30 bits per heavy atom. The Morgan fingerprint density at radius 3 is 2.75 bits per heavy atom. The van der Waals surface area contributed by atoms with Gasteiger partial charge in [0.2, 0.25) is 0 Å². The van der Waals surface area contributed by atoms with E-state index in [1.54, 1.807) is 11.3 Å². The van der Waals surface area contributed by atoms with Crippen LogP contribution in [0.15, 0.2) is 11.4 Å². The minimum atomic E-state index is 0.349. The van der Waals surface area contributed by atoms with Gasteiger partial charge in [-0.25, -0.2) is 0 Å². The molecular formula is C15H24ClN3S. The largest absolute Gasteiger partial charge is 0.329 e. The third-order valence-electron chi connectivity index (χ3n) is 4.68. The molecule has 2 atom stereocenters. The van der Waals surface area contributed by atoms with Crippen molar-refractivity contribution in [2.75, 3.05) is 32.7 Å². The molecule has 0 aliphatic carbocycles. The van der Waals surface area contributed by atoms with Crippen molar-refractivity contribution in [3.63, 3.8) is 0 Å². The normalized spacial score (nSPS) is 27.0. The molecule has 2 unspecified atom stereocenters. The van der Waals surface area contributed by atoms with Crippen LogP contribution >= 0.6 is 22.9 Å². The highest BCUT2D eigenvalue weighted by Crippen LogP contribution is 2.32. The number of rotatable bonds is 4. The summed E-state index contributed by atoms with van der Waals surface area (Å²) in [6, 6.07) is 3.17. The highest BCUT2D eigenvalue weighted by Gasteiger charge is 2.32. The number of hydrogen-bond donors (Lipinski definition) is 1. The van der Waals surface area contributed by atoms with Crippen LogP contribution in [0.25, 0.3) is 0 Å². The molecule has 2 saturated heterocycles. The maximum Gasteiger partial charge on any atom is 0.0565 e. The molecule has 0 aromatic carbocycles. The second-order valence-corrected chi connectivity index (χ2v) is 7.33. The SMILES string of the molecule is NCC(c1cc(Cl)cs1)N1CCC(N2CCCCC2)C1. The van der Waals surface area contributed by atoms with Gasteiger partial charge in [-0.1, -0.05) is 18.0 Å². The predicted octanol–water partition coefficient (Wildman–Crippen LogP) is 2.96. The molecule has 0 radical (unpaired) electrons. The number of nitrogens with zero attached hydrogens (tertiary/aromatic N) is 2. The summed E-state index contributed by atoms with van der Waals surface area (Å²) in [7, 11) is 0. The predicted molar refractivity (Wildman–Crippen MR) is 86.5 cm³/mol. The third kappa shape index (κ3) is 3.20. The summed E-state index contributed by atoms with van der Waals surface area (Å²) in [6.45, 7) is 5.59. The van der Waals surface area contributed by atoms with Gasteiger partial charge < -0.3 is 5.73 Å². The van der Waals surface area contributed by atoms with E-state index in [4.69, 9.17) is 17.3 Å². The van der Waals surface area contributed by atoms with Crippen molar-refractivity contribution in [3.8, 4) is 0 Å². The van der Waals surface area contributed by atoms with Crippen LogP contribution in [-0.2, 0) is 0 Å². The zero-order chi connectivity index (χ0) is 13.9. The Bertz CT molecular complexity index is 431. The van der Waals surface area contributed by atoms with E-state index in [2.05, 4.69) is 15.9 Å². The summed E-state index contributed by atoms with van der Waals surface area (Å²) >= 11 is 7.80. The molecule has 3 nitrogen and oxygen atoms in total. The van der Waals surface area contributed by atoms with Crippen LogP contribution in [0.3, 0.4) is 0 Å². The fourth-order valence-electron chi connectivity index (χ4n) is 3.58. The third-order valence-corrected chi connectivity index (χ3v) is 6.06. The Labute approximate surface area is 130 Å². The van der Waals surface area contributed by atoms with Crippen molar-refractivity contribution in [3.05, 3.63) is 21.3 Å². The first-order chi connectivity index (χ1) is 9.78. The maximum absolute atomic E-state index is 6.06. The summed E-state index contributed by atoms with van der Waals surface area (Å²) in [5, 5.41) is 2.85. The van der Waals surface area contributed by atoms with Crippen LogP contribution in [0, 0.1) is 0 Å². The quantitative estimate of drug-likeness (QED) is 0.927. The average molecular weight is 314 g/mol. The zero-order valence-corrected chi connectivity index (χ0v) is 13.5. The van der Waals surface area contributed by atoms with Gasteiger partial charge in [0.05, 0.1) is 11.1 Å². The van der Waals surface area contributed by atoms with Crippen LogP contribution in [-0.4, -0.2) is 48.6 Å². The van der Waals surface area contributed by atoms with Crippen molar-refractivity contribution in [1.82, 2.24) is 9.80 Å². The van der Waals surface area contributed by atoms with Gasteiger partial charge in [0, 0.05) is 35.9 Å². The molecule has 0 spiro atoms. The summed E-state index contributed by atoms with van der Waals surface area (Å²) in [4.78, 5) is 6.57. The van der Waals surface area contributed by atoms with E-state index < -0.39 is 0 Å². The summed E-state index contributed by atoms with van der Waals surface area (Å²) in [6.07, 6.45) is 5.44. The van der Waals surface area contributed by atoms with Crippen molar-refractivity contribution in [1.29, 1.82) is 0 Å². The second kappa shape index (κ2) is 6.75. The molecule has 0 amide bonds. The van der Waals surface area contributed by atoms with Crippen molar-refractivity contribution in [2.24, 2.45) is 5.73 Å². The van der Waals surface area contributed by atoms with Gasteiger partial charge in [0.15, 0.2) is 0 Å². The summed E-state index contributed by atoms with van der Waals surface area (Å²) in [5.74, 6) is 0. The Morgan fingerprint density at radius 2 is 2.10 bits per heavy atom. The molecular weight excluding hydrogens is 290 g/mol. The average Bonchev–Trinajstić information content (AvgIpc) is 3.11. The highest BCUT2D eigenvalue weighted by atomic mass is 35.5. The smallest absolute Gasteiger partial charge is 0.0565 e. The summed E-state index contributed by atoms with van der Waals surface area (Å²) in [5.41, 5.74) is 6.03. The fraction of sp³-hybridized carbons (Fsp3) is 0.733. The topological polar surface area (TPSA) is 32.5 Å². The van der Waals surface area contributed by atoms with E-state index in [1.807, 2.05) is 5.38 Å². The first-order valence-corrected chi connectivity index (χ1v) is 8.96. The second-order valence-electron chi connectivity index (χ2n) is 5.95. The molecule has 5 heteroatoms.